The SMILES string of the molecule is CCOc1ccc(CN(C)C(=O)CCNS(=O)(=O)c2ccc3c(c2)CCCC3)cc1. The van der Waals surface area contributed by atoms with E-state index in [0.717, 1.165) is 42.6 Å². The lowest BCUT2D eigenvalue weighted by Crippen LogP contribution is -2.32. The van der Waals surface area contributed by atoms with Crippen LogP contribution in [0.25, 0.3) is 0 Å². The third kappa shape index (κ3) is 5.83. The Morgan fingerprint density at radius 3 is 2.47 bits per heavy atom. The Morgan fingerprint density at radius 1 is 1.07 bits per heavy atom. The highest BCUT2D eigenvalue weighted by Gasteiger charge is 2.18. The van der Waals surface area contributed by atoms with Crippen LogP contribution in [0, 0.1) is 0 Å². The van der Waals surface area contributed by atoms with Crippen LogP contribution < -0.4 is 9.46 Å². The molecule has 0 fully saturated rings. The summed E-state index contributed by atoms with van der Waals surface area (Å²) in [6, 6.07) is 13.0. The van der Waals surface area contributed by atoms with Crippen LogP contribution in [0.2, 0.25) is 0 Å². The third-order valence-corrected chi connectivity index (χ3v) is 6.80. The average Bonchev–Trinajstić information content (AvgIpc) is 2.74. The lowest BCUT2D eigenvalue weighted by Gasteiger charge is -2.18. The normalized spacial score (nSPS) is 13.5. The highest BCUT2D eigenvalue weighted by atomic mass is 32.2. The molecule has 1 N–H and O–H groups in total. The number of nitrogens with one attached hydrogen (secondary N) is 1. The van der Waals surface area contributed by atoms with Crippen molar-refractivity contribution in [2.75, 3.05) is 20.2 Å². The summed E-state index contributed by atoms with van der Waals surface area (Å²) in [5.41, 5.74) is 3.35. The van der Waals surface area contributed by atoms with Gasteiger partial charge in [-0.25, -0.2) is 13.1 Å². The van der Waals surface area contributed by atoms with Gasteiger partial charge in [-0.15, -0.1) is 0 Å². The lowest BCUT2D eigenvalue weighted by atomic mass is 9.92. The first-order valence-electron chi connectivity index (χ1n) is 10.5. The summed E-state index contributed by atoms with van der Waals surface area (Å²) in [6.45, 7) is 3.08. The Hall–Kier alpha value is -2.38. The molecule has 0 aliphatic heterocycles. The topological polar surface area (TPSA) is 75.7 Å². The summed E-state index contributed by atoms with van der Waals surface area (Å²) in [5.74, 6) is 0.684. The van der Waals surface area contributed by atoms with Crippen LogP contribution in [0.4, 0.5) is 0 Å². The van der Waals surface area contributed by atoms with Gasteiger partial charge in [0.2, 0.25) is 15.9 Å². The largest absolute Gasteiger partial charge is 0.494 e. The molecule has 0 saturated carbocycles. The first kappa shape index (κ1) is 22.3. The fraction of sp³-hybridized carbons (Fsp3) is 0.435. The minimum Gasteiger partial charge on any atom is -0.494 e. The van der Waals surface area contributed by atoms with E-state index < -0.39 is 10.0 Å². The van der Waals surface area contributed by atoms with Crippen molar-refractivity contribution in [2.45, 2.75) is 50.5 Å². The quantitative estimate of drug-likeness (QED) is 0.662. The van der Waals surface area contributed by atoms with Crippen LogP contribution in [-0.2, 0) is 34.2 Å². The zero-order valence-corrected chi connectivity index (χ0v) is 18.5. The maximum absolute atomic E-state index is 12.6. The van der Waals surface area contributed by atoms with E-state index in [1.165, 1.54) is 5.56 Å². The second-order valence-corrected chi connectivity index (χ2v) is 9.38. The van der Waals surface area contributed by atoms with Crippen LogP contribution in [0.3, 0.4) is 0 Å². The number of hydrogen-bond donors (Lipinski definition) is 1. The van der Waals surface area contributed by atoms with E-state index in [-0.39, 0.29) is 23.8 Å². The van der Waals surface area contributed by atoms with Crippen LogP contribution >= 0.6 is 0 Å². The predicted octanol–water partition coefficient (Wildman–Crippen LogP) is 3.29. The van der Waals surface area contributed by atoms with E-state index in [2.05, 4.69) is 4.72 Å². The molecule has 1 aliphatic rings. The summed E-state index contributed by atoms with van der Waals surface area (Å²) in [4.78, 5) is 14.3. The molecule has 3 rings (SSSR count). The minimum absolute atomic E-state index is 0.0753. The van der Waals surface area contributed by atoms with E-state index in [1.807, 2.05) is 37.3 Å². The molecule has 0 aromatic heterocycles. The van der Waals surface area contributed by atoms with Crippen molar-refractivity contribution in [1.29, 1.82) is 0 Å². The third-order valence-electron chi connectivity index (χ3n) is 5.34. The Bertz CT molecular complexity index is 971. The Morgan fingerprint density at radius 2 is 1.77 bits per heavy atom. The number of carbonyl (C=O) groups excluding carboxylic acids is 1. The Labute approximate surface area is 179 Å². The molecule has 0 atom stereocenters. The second kappa shape index (κ2) is 10.1. The zero-order valence-electron chi connectivity index (χ0n) is 17.7. The molecular formula is C23H30N2O4S. The van der Waals surface area contributed by atoms with Gasteiger partial charge >= 0.3 is 0 Å². The van der Waals surface area contributed by atoms with Crippen molar-refractivity contribution in [1.82, 2.24) is 9.62 Å². The molecule has 0 spiro atoms. The van der Waals surface area contributed by atoms with Crippen LogP contribution in [0.5, 0.6) is 5.75 Å². The standard InChI is InChI=1S/C23H30N2O4S/c1-3-29-21-11-8-18(9-12-21)17-25(2)23(26)14-15-24-30(27,28)22-13-10-19-6-4-5-7-20(19)16-22/h8-13,16,24H,3-7,14-15,17H2,1-2H3. The molecule has 1 amide bonds. The molecule has 0 unspecified atom stereocenters. The molecule has 0 saturated heterocycles. The molecule has 2 aromatic rings. The number of amides is 1. The fourth-order valence-electron chi connectivity index (χ4n) is 3.66. The number of ether oxygens (including phenoxy) is 1. The van der Waals surface area contributed by atoms with Crippen molar-refractivity contribution in [3.8, 4) is 5.75 Å². The van der Waals surface area contributed by atoms with Gasteiger partial charge < -0.3 is 9.64 Å². The van der Waals surface area contributed by atoms with Crippen LogP contribution in [0.1, 0.15) is 42.9 Å². The number of aryl methyl sites for hydroxylation is 2. The molecule has 6 nitrogen and oxygen atoms in total. The van der Waals surface area contributed by atoms with Gasteiger partial charge in [0.05, 0.1) is 11.5 Å². The first-order chi connectivity index (χ1) is 14.4. The predicted molar refractivity (Wildman–Crippen MR) is 117 cm³/mol. The second-order valence-electron chi connectivity index (χ2n) is 7.61. The number of hydrogen-bond acceptors (Lipinski definition) is 4. The molecule has 1 aliphatic carbocycles. The van der Waals surface area contributed by atoms with Gasteiger partial charge in [0.1, 0.15) is 5.75 Å². The molecular weight excluding hydrogens is 400 g/mol. The van der Waals surface area contributed by atoms with Crippen molar-refractivity contribution in [3.05, 3.63) is 59.2 Å². The van der Waals surface area contributed by atoms with Gasteiger partial charge in [-0.2, -0.15) is 0 Å². The van der Waals surface area contributed by atoms with Gasteiger partial charge in [-0.05, 0) is 73.6 Å². The van der Waals surface area contributed by atoms with Crippen LogP contribution in [0.15, 0.2) is 47.4 Å². The molecule has 7 heteroatoms. The minimum atomic E-state index is -3.62. The number of benzene rings is 2. The summed E-state index contributed by atoms with van der Waals surface area (Å²) in [7, 11) is -1.90. The average molecular weight is 431 g/mol. The van der Waals surface area contributed by atoms with Crippen LogP contribution in [-0.4, -0.2) is 39.4 Å². The summed E-state index contributed by atoms with van der Waals surface area (Å²) in [6.07, 6.45) is 4.30. The summed E-state index contributed by atoms with van der Waals surface area (Å²) >= 11 is 0. The number of rotatable bonds is 9. The number of carbonyl (C=O) groups is 1. The Kier molecular flexibility index (Phi) is 7.50. The number of fused-ring (bicyclic) bond motifs is 1. The summed E-state index contributed by atoms with van der Waals surface area (Å²) in [5, 5.41) is 0. The highest BCUT2D eigenvalue weighted by Crippen LogP contribution is 2.24. The number of nitrogens with zero attached hydrogens (tertiary/aromatic N) is 1. The highest BCUT2D eigenvalue weighted by molar-refractivity contribution is 7.89. The van der Waals surface area contributed by atoms with Gasteiger partial charge in [-0.1, -0.05) is 18.2 Å². The van der Waals surface area contributed by atoms with E-state index >= 15 is 0 Å². The molecule has 0 radical (unpaired) electrons. The van der Waals surface area contributed by atoms with Crippen molar-refractivity contribution in [3.63, 3.8) is 0 Å². The van der Waals surface area contributed by atoms with E-state index in [0.29, 0.717) is 13.2 Å². The van der Waals surface area contributed by atoms with E-state index in [4.69, 9.17) is 4.74 Å². The molecule has 30 heavy (non-hydrogen) atoms. The van der Waals surface area contributed by atoms with E-state index in [9.17, 15) is 13.2 Å². The fourth-order valence-corrected chi connectivity index (χ4v) is 4.75. The van der Waals surface area contributed by atoms with Crippen molar-refractivity contribution < 1.29 is 17.9 Å². The van der Waals surface area contributed by atoms with Gasteiger partial charge in [0.25, 0.3) is 0 Å². The number of sulfonamides is 1. The van der Waals surface area contributed by atoms with Gasteiger partial charge in [-0.3, -0.25) is 4.79 Å². The molecule has 0 heterocycles. The molecule has 0 bridgehead atoms. The molecule has 162 valence electrons. The van der Waals surface area contributed by atoms with Gasteiger partial charge in [0, 0.05) is 26.6 Å². The van der Waals surface area contributed by atoms with Crippen molar-refractivity contribution in [2.24, 2.45) is 0 Å². The maximum Gasteiger partial charge on any atom is 0.240 e. The van der Waals surface area contributed by atoms with E-state index in [1.54, 1.807) is 24.1 Å². The monoisotopic (exact) mass is 430 g/mol. The first-order valence-corrected chi connectivity index (χ1v) is 11.9. The maximum atomic E-state index is 12.6. The van der Waals surface area contributed by atoms with Crippen molar-refractivity contribution >= 4 is 15.9 Å². The molecule has 2 aromatic carbocycles. The van der Waals surface area contributed by atoms with Gasteiger partial charge in [0.15, 0.2) is 0 Å². The zero-order chi connectivity index (χ0) is 21.6. The summed E-state index contributed by atoms with van der Waals surface area (Å²) < 4.78 is 33.2. The Balaban J connectivity index is 1.50. The lowest BCUT2D eigenvalue weighted by molar-refractivity contribution is -0.130. The smallest absolute Gasteiger partial charge is 0.240 e.